The highest BCUT2D eigenvalue weighted by molar-refractivity contribution is 6.33. The van der Waals surface area contributed by atoms with Crippen LogP contribution in [0.5, 0.6) is 0 Å². The third kappa shape index (κ3) is 3.64. The van der Waals surface area contributed by atoms with Crippen LogP contribution in [0, 0.1) is 23.2 Å². The molecule has 1 saturated carbocycles. The number of rotatable bonds is 3. The highest BCUT2D eigenvalue weighted by atomic mass is 35.5. The lowest BCUT2D eigenvalue weighted by atomic mass is 9.79. The number of halogens is 1. The van der Waals surface area contributed by atoms with Crippen molar-refractivity contribution in [3.8, 4) is 6.07 Å². The number of nitrogens with zero attached hydrogens (tertiary/aromatic N) is 1. The van der Waals surface area contributed by atoms with Gasteiger partial charge in [0.1, 0.15) is 0 Å². The monoisotopic (exact) mass is 276 g/mol. The van der Waals surface area contributed by atoms with Gasteiger partial charge in [0.2, 0.25) is 0 Å². The third-order valence-corrected chi connectivity index (χ3v) is 4.43. The van der Waals surface area contributed by atoms with Gasteiger partial charge in [0.15, 0.2) is 0 Å². The number of benzene rings is 1. The standard InChI is InChI=1S/C16H21ClN2/c1-11(2)13-4-3-5-14(9-13)19-16-7-6-12(10-18)8-15(16)17/h6-8,11,13-14,19H,3-5,9H2,1-2H3. The molecule has 1 N–H and O–H groups in total. The predicted octanol–water partition coefficient (Wildman–Crippen LogP) is 4.84. The fourth-order valence-corrected chi connectivity index (χ4v) is 3.12. The molecule has 3 heteroatoms. The first-order chi connectivity index (χ1) is 9.10. The van der Waals surface area contributed by atoms with Gasteiger partial charge in [-0.15, -0.1) is 0 Å². The fourth-order valence-electron chi connectivity index (χ4n) is 2.89. The van der Waals surface area contributed by atoms with Crippen LogP contribution in [0.15, 0.2) is 18.2 Å². The molecule has 1 aromatic carbocycles. The molecule has 1 aliphatic rings. The van der Waals surface area contributed by atoms with Crippen molar-refractivity contribution in [3.63, 3.8) is 0 Å². The van der Waals surface area contributed by atoms with Crippen molar-refractivity contribution in [2.75, 3.05) is 5.32 Å². The number of nitriles is 1. The van der Waals surface area contributed by atoms with E-state index < -0.39 is 0 Å². The van der Waals surface area contributed by atoms with Gasteiger partial charge in [-0.1, -0.05) is 38.3 Å². The lowest BCUT2D eigenvalue weighted by molar-refractivity contribution is 0.264. The second-order valence-corrected chi connectivity index (χ2v) is 6.23. The Hall–Kier alpha value is -1.20. The average Bonchev–Trinajstić information content (AvgIpc) is 2.41. The minimum atomic E-state index is 0.506. The molecular formula is C16H21ClN2. The number of nitrogens with one attached hydrogen (secondary N) is 1. The van der Waals surface area contributed by atoms with Crippen molar-refractivity contribution in [1.82, 2.24) is 0 Å². The smallest absolute Gasteiger partial charge is 0.0992 e. The summed E-state index contributed by atoms with van der Waals surface area (Å²) in [5.74, 6) is 1.56. The minimum absolute atomic E-state index is 0.506. The van der Waals surface area contributed by atoms with E-state index in [4.69, 9.17) is 16.9 Å². The number of hydrogen-bond acceptors (Lipinski definition) is 2. The van der Waals surface area contributed by atoms with Gasteiger partial charge in [0, 0.05) is 6.04 Å². The van der Waals surface area contributed by atoms with E-state index in [1.807, 2.05) is 12.1 Å². The molecule has 0 aliphatic heterocycles. The molecule has 0 saturated heterocycles. The molecular weight excluding hydrogens is 256 g/mol. The molecule has 0 amide bonds. The largest absolute Gasteiger partial charge is 0.381 e. The number of anilines is 1. The Morgan fingerprint density at radius 3 is 2.79 bits per heavy atom. The Morgan fingerprint density at radius 1 is 1.37 bits per heavy atom. The molecule has 102 valence electrons. The van der Waals surface area contributed by atoms with Crippen LogP contribution in [0.25, 0.3) is 0 Å². The van der Waals surface area contributed by atoms with Gasteiger partial charge < -0.3 is 5.32 Å². The second kappa shape index (κ2) is 6.30. The first-order valence-corrected chi connectivity index (χ1v) is 7.44. The summed E-state index contributed by atoms with van der Waals surface area (Å²) in [6.07, 6.45) is 5.05. The van der Waals surface area contributed by atoms with Gasteiger partial charge in [-0.2, -0.15) is 5.26 Å². The highest BCUT2D eigenvalue weighted by Crippen LogP contribution is 2.33. The Kier molecular flexibility index (Phi) is 4.71. The molecule has 1 aromatic rings. The lowest BCUT2D eigenvalue weighted by Gasteiger charge is -2.32. The first-order valence-electron chi connectivity index (χ1n) is 7.06. The maximum Gasteiger partial charge on any atom is 0.0992 e. The lowest BCUT2D eigenvalue weighted by Crippen LogP contribution is -2.29. The fraction of sp³-hybridized carbons (Fsp3) is 0.562. The van der Waals surface area contributed by atoms with E-state index in [-0.39, 0.29) is 0 Å². The summed E-state index contributed by atoms with van der Waals surface area (Å²) in [5, 5.41) is 13.0. The van der Waals surface area contributed by atoms with Crippen molar-refractivity contribution < 1.29 is 0 Å². The normalized spacial score (nSPS) is 23.1. The van der Waals surface area contributed by atoms with Gasteiger partial charge in [-0.3, -0.25) is 0 Å². The maximum atomic E-state index is 8.84. The van der Waals surface area contributed by atoms with E-state index in [0.717, 1.165) is 17.5 Å². The SMILES string of the molecule is CC(C)C1CCCC(Nc2ccc(C#N)cc2Cl)C1. The summed E-state index contributed by atoms with van der Waals surface area (Å²) in [6.45, 7) is 4.61. The van der Waals surface area contributed by atoms with E-state index in [1.54, 1.807) is 6.07 Å². The van der Waals surface area contributed by atoms with Crippen molar-refractivity contribution >= 4 is 17.3 Å². The summed E-state index contributed by atoms with van der Waals surface area (Å²) >= 11 is 6.21. The van der Waals surface area contributed by atoms with Gasteiger partial charge in [0.25, 0.3) is 0 Å². The van der Waals surface area contributed by atoms with Crippen LogP contribution in [0.4, 0.5) is 5.69 Å². The molecule has 2 nitrogen and oxygen atoms in total. The Labute approximate surface area is 120 Å². The van der Waals surface area contributed by atoms with Crippen LogP contribution >= 0.6 is 11.6 Å². The second-order valence-electron chi connectivity index (χ2n) is 5.82. The first kappa shape index (κ1) is 14.2. The average molecular weight is 277 g/mol. The predicted molar refractivity (Wildman–Crippen MR) is 80.4 cm³/mol. The van der Waals surface area contributed by atoms with Crippen molar-refractivity contribution in [1.29, 1.82) is 5.26 Å². The summed E-state index contributed by atoms with van der Waals surface area (Å²) in [5.41, 5.74) is 1.56. The Morgan fingerprint density at radius 2 is 2.16 bits per heavy atom. The molecule has 2 atom stereocenters. The zero-order chi connectivity index (χ0) is 13.8. The van der Waals surface area contributed by atoms with Gasteiger partial charge >= 0.3 is 0 Å². The summed E-state index contributed by atoms with van der Waals surface area (Å²) in [7, 11) is 0. The Balaban J connectivity index is 2.03. The molecule has 2 unspecified atom stereocenters. The molecule has 0 bridgehead atoms. The van der Waals surface area contributed by atoms with Crippen LogP contribution in [0.3, 0.4) is 0 Å². The quantitative estimate of drug-likeness (QED) is 0.857. The third-order valence-electron chi connectivity index (χ3n) is 4.12. The molecule has 2 rings (SSSR count). The molecule has 1 aliphatic carbocycles. The molecule has 1 fully saturated rings. The molecule has 0 radical (unpaired) electrons. The summed E-state index contributed by atoms with van der Waals surface area (Å²) < 4.78 is 0. The molecule has 0 spiro atoms. The van der Waals surface area contributed by atoms with E-state index >= 15 is 0 Å². The van der Waals surface area contributed by atoms with Crippen LogP contribution < -0.4 is 5.32 Å². The van der Waals surface area contributed by atoms with Crippen LogP contribution in [-0.2, 0) is 0 Å². The van der Waals surface area contributed by atoms with Crippen molar-refractivity contribution in [2.45, 2.75) is 45.6 Å². The summed E-state index contributed by atoms with van der Waals surface area (Å²) in [6, 6.07) is 8.08. The number of hydrogen-bond donors (Lipinski definition) is 1. The van der Waals surface area contributed by atoms with Gasteiger partial charge in [0.05, 0.1) is 22.3 Å². The van der Waals surface area contributed by atoms with E-state index in [1.165, 1.54) is 25.7 Å². The van der Waals surface area contributed by atoms with Crippen molar-refractivity contribution in [3.05, 3.63) is 28.8 Å². The zero-order valence-electron chi connectivity index (χ0n) is 11.6. The summed E-state index contributed by atoms with van der Waals surface area (Å²) in [4.78, 5) is 0. The van der Waals surface area contributed by atoms with Crippen molar-refractivity contribution in [2.24, 2.45) is 11.8 Å². The minimum Gasteiger partial charge on any atom is -0.381 e. The Bertz CT molecular complexity index is 476. The van der Waals surface area contributed by atoms with Gasteiger partial charge in [-0.25, -0.2) is 0 Å². The van der Waals surface area contributed by atoms with Crippen LogP contribution in [0.1, 0.15) is 45.1 Å². The van der Waals surface area contributed by atoms with E-state index in [2.05, 4.69) is 25.2 Å². The van der Waals surface area contributed by atoms with E-state index in [9.17, 15) is 0 Å². The molecule has 19 heavy (non-hydrogen) atoms. The van der Waals surface area contributed by atoms with Gasteiger partial charge in [-0.05, 0) is 42.9 Å². The molecule has 0 heterocycles. The maximum absolute atomic E-state index is 8.84. The van der Waals surface area contributed by atoms with E-state index in [0.29, 0.717) is 16.6 Å². The molecule has 0 aromatic heterocycles. The highest BCUT2D eigenvalue weighted by Gasteiger charge is 2.24. The van der Waals surface area contributed by atoms with Crippen LogP contribution in [-0.4, -0.2) is 6.04 Å². The zero-order valence-corrected chi connectivity index (χ0v) is 12.4. The van der Waals surface area contributed by atoms with Crippen LogP contribution in [0.2, 0.25) is 5.02 Å². The topological polar surface area (TPSA) is 35.8 Å².